The Labute approximate surface area is 95.6 Å². The van der Waals surface area contributed by atoms with E-state index in [9.17, 15) is 5.11 Å². The van der Waals surface area contributed by atoms with Crippen molar-refractivity contribution in [3.8, 4) is 0 Å². The highest BCUT2D eigenvalue weighted by molar-refractivity contribution is 4.80. The molecule has 0 saturated heterocycles. The van der Waals surface area contributed by atoms with Crippen LogP contribution in [0.5, 0.6) is 0 Å². The summed E-state index contributed by atoms with van der Waals surface area (Å²) in [5.41, 5.74) is -0.497. The molecule has 1 heteroatoms. The molecule has 2 unspecified atom stereocenters. The number of hydrogen-bond acceptors (Lipinski definition) is 1. The maximum Gasteiger partial charge on any atom is 0.0625 e. The molecule has 0 bridgehead atoms. The van der Waals surface area contributed by atoms with Gasteiger partial charge in [0.1, 0.15) is 0 Å². The molecule has 0 fully saturated rings. The molecule has 0 radical (unpaired) electrons. The van der Waals surface area contributed by atoms with E-state index in [2.05, 4.69) is 20.4 Å². The van der Waals surface area contributed by atoms with Crippen LogP contribution in [0.4, 0.5) is 0 Å². The molecule has 0 amide bonds. The van der Waals surface area contributed by atoms with Crippen molar-refractivity contribution in [1.82, 2.24) is 0 Å². The van der Waals surface area contributed by atoms with Crippen LogP contribution < -0.4 is 0 Å². The average molecular weight is 212 g/mol. The Balaban J connectivity index is 3.95. The molecule has 1 N–H and O–H groups in total. The van der Waals surface area contributed by atoms with E-state index in [0.29, 0.717) is 5.92 Å². The van der Waals surface area contributed by atoms with Crippen molar-refractivity contribution in [3.63, 3.8) is 0 Å². The third-order valence-electron chi connectivity index (χ3n) is 3.16. The van der Waals surface area contributed by atoms with Crippen molar-refractivity contribution in [3.05, 3.63) is 12.7 Å². The zero-order valence-electron chi connectivity index (χ0n) is 10.8. The van der Waals surface area contributed by atoms with Crippen LogP contribution in [0, 0.1) is 5.92 Å². The Morgan fingerprint density at radius 2 is 2.07 bits per heavy atom. The van der Waals surface area contributed by atoms with Crippen LogP contribution in [0.2, 0.25) is 0 Å². The lowest BCUT2D eigenvalue weighted by molar-refractivity contribution is 0.0240. The summed E-state index contributed by atoms with van der Waals surface area (Å²) in [6.07, 6.45) is 9.58. The normalized spacial score (nSPS) is 17.1. The molecule has 1 nitrogen and oxygen atoms in total. The molecule has 0 saturated carbocycles. The first kappa shape index (κ1) is 14.7. The van der Waals surface area contributed by atoms with E-state index in [1.54, 1.807) is 0 Å². The molecule has 15 heavy (non-hydrogen) atoms. The van der Waals surface area contributed by atoms with Gasteiger partial charge in [-0.15, -0.1) is 6.58 Å². The first-order chi connectivity index (χ1) is 7.05. The van der Waals surface area contributed by atoms with Gasteiger partial charge in [-0.05, 0) is 32.1 Å². The van der Waals surface area contributed by atoms with Gasteiger partial charge in [-0.25, -0.2) is 0 Å². The standard InChI is InChI=1S/C14H28O/c1-5-8-10-13(7-3)12-14(4,15)11-9-6-2/h6,13,15H,2,5,7-12H2,1,3-4H3. The highest BCUT2D eigenvalue weighted by atomic mass is 16.3. The molecule has 0 rings (SSSR count). The van der Waals surface area contributed by atoms with E-state index in [1.807, 2.05) is 13.0 Å². The summed E-state index contributed by atoms with van der Waals surface area (Å²) in [5, 5.41) is 10.2. The lowest BCUT2D eigenvalue weighted by Gasteiger charge is -2.27. The second kappa shape index (κ2) is 7.92. The van der Waals surface area contributed by atoms with Gasteiger partial charge in [0.05, 0.1) is 5.60 Å². The van der Waals surface area contributed by atoms with Gasteiger partial charge in [0.25, 0.3) is 0 Å². The fourth-order valence-corrected chi connectivity index (χ4v) is 2.08. The van der Waals surface area contributed by atoms with E-state index >= 15 is 0 Å². The fourth-order valence-electron chi connectivity index (χ4n) is 2.08. The van der Waals surface area contributed by atoms with E-state index in [4.69, 9.17) is 0 Å². The predicted molar refractivity (Wildman–Crippen MR) is 68.0 cm³/mol. The van der Waals surface area contributed by atoms with Crippen LogP contribution in [-0.2, 0) is 0 Å². The minimum Gasteiger partial charge on any atom is -0.390 e. The summed E-state index contributed by atoms with van der Waals surface area (Å²) >= 11 is 0. The van der Waals surface area contributed by atoms with E-state index < -0.39 is 5.60 Å². The van der Waals surface area contributed by atoms with Crippen LogP contribution in [0.15, 0.2) is 12.7 Å². The summed E-state index contributed by atoms with van der Waals surface area (Å²) in [7, 11) is 0. The maximum absolute atomic E-state index is 10.2. The second-order valence-electron chi connectivity index (χ2n) is 4.94. The van der Waals surface area contributed by atoms with Gasteiger partial charge in [0.2, 0.25) is 0 Å². The molecule has 0 aliphatic rings. The number of rotatable bonds is 9. The van der Waals surface area contributed by atoms with Crippen LogP contribution >= 0.6 is 0 Å². The average Bonchev–Trinajstić information content (AvgIpc) is 2.21. The molecule has 0 aliphatic carbocycles. The third-order valence-corrected chi connectivity index (χ3v) is 3.16. The summed E-state index contributed by atoms with van der Waals surface area (Å²) < 4.78 is 0. The quantitative estimate of drug-likeness (QED) is 0.565. The van der Waals surface area contributed by atoms with E-state index in [0.717, 1.165) is 19.3 Å². The van der Waals surface area contributed by atoms with Gasteiger partial charge in [-0.2, -0.15) is 0 Å². The van der Waals surface area contributed by atoms with Crippen LogP contribution in [0.25, 0.3) is 0 Å². The molecule has 2 atom stereocenters. The van der Waals surface area contributed by atoms with Crippen molar-refractivity contribution >= 4 is 0 Å². The molecule has 90 valence electrons. The first-order valence-corrected chi connectivity index (χ1v) is 6.39. The summed E-state index contributed by atoms with van der Waals surface area (Å²) in [5.74, 6) is 0.685. The fraction of sp³-hybridized carbons (Fsp3) is 0.857. The molecule has 0 spiro atoms. The van der Waals surface area contributed by atoms with Crippen molar-refractivity contribution < 1.29 is 5.11 Å². The van der Waals surface area contributed by atoms with Crippen molar-refractivity contribution in [2.75, 3.05) is 0 Å². The smallest absolute Gasteiger partial charge is 0.0625 e. The minimum atomic E-state index is -0.497. The molecule has 0 aromatic rings. The van der Waals surface area contributed by atoms with Gasteiger partial charge in [0.15, 0.2) is 0 Å². The highest BCUT2D eigenvalue weighted by Crippen LogP contribution is 2.27. The number of hydrogen-bond donors (Lipinski definition) is 1. The minimum absolute atomic E-state index is 0.497. The van der Waals surface area contributed by atoms with Crippen molar-refractivity contribution in [1.29, 1.82) is 0 Å². The molecule has 0 heterocycles. The van der Waals surface area contributed by atoms with Gasteiger partial charge < -0.3 is 5.11 Å². The zero-order valence-corrected chi connectivity index (χ0v) is 10.8. The third kappa shape index (κ3) is 7.61. The number of aliphatic hydroxyl groups is 1. The van der Waals surface area contributed by atoms with E-state index in [1.165, 1.54) is 25.7 Å². The second-order valence-corrected chi connectivity index (χ2v) is 4.94. The lowest BCUT2D eigenvalue weighted by Crippen LogP contribution is -2.27. The molecule has 0 aromatic carbocycles. The summed E-state index contributed by atoms with van der Waals surface area (Å²) in [6.45, 7) is 10.1. The van der Waals surface area contributed by atoms with Crippen LogP contribution in [0.3, 0.4) is 0 Å². The van der Waals surface area contributed by atoms with Gasteiger partial charge >= 0.3 is 0 Å². The predicted octanol–water partition coefficient (Wildman–Crippen LogP) is 4.31. The zero-order chi connectivity index (χ0) is 11.7. The largest absolute Gasteiger partial charge is 0.390 e. The van der Waals surface area contributed by atoms with Crippen molar-refractivity contribution in [2.24, 2.45) is 5.92 Å². The summed E-state index contributed by atoms with van der Waals surface area (Å²) in [6, 6.07) is 0. The molecule has 0 aromatic heterocycles. The Kier molecular flexibility index (Phi) is 7.76. The maximum atomic E-state index is 10.2. The molecule has 0 aliphatic heterocycles. The first-order valence-electron chi connectivity index (χ1n) is 6.39. The highest BCUT2D eigenvalue weighted by Gasteiger charge is 2.23. The SMILES string of the molecule is C=CCCC(C)(O)CC(CC)CCCC. The monoisotopic (exact) mass is 212 g/mol. The summed E-state index contributed by atoms with van der Waals surface area (Å²) in [4.78, 5) is 0. The Bertz CT molecular complexity index is 161. The van der Waals surface area contributed by atoms with E-state index in [-0.39, 0.29) is 0 Å². The molecular weight excluding hydrogens is 184 g/mol. The number of allylic oxidation sites excluding steroid dienone is 1. The van der Waals surface area contributed by atoms with Crippen molar-refractivity contribution in [2.45, 2.75) is 71.3 Å². The Morgan fingerprint density at radius 3 is 2.53 bits per heavy atom. The van der Waals surface area contributed by atoms with Gasteiger partial charge in [-0.3, -0.25) is 0 Å². The Hall–Kier alpha value is -0.300. The lowest BCUT2D eigenvalue weighted by atomic mass is 9.84. The topological polar surface area (TPSA) is 20.2 Å². The number of unbranched alkanes of at least 4 members (excludes halogenated alkanes) is 1. The Morgan fingerprint density at radius 1 is 1.40 bits per heavy atom. The van der Waals surface area contributed by atoms with Gasteiger partial charge in [0, 0.05) is 0 Å². The van der Waals surface area contributed by atoms with Crippen LogP contribution in [0.1, 0.15) is 65.7 Å². The van der Waals surface area contributed by atoms with Crippen LogP contribution in [-0.4, -0.2) is 10.7 Å². The van der Waals surface area contributed by atoms with Gasteiger partial charge in [-0.1, -0.05) is 45.6 Å². The molecular formula is C14H28O.